The summed E-state index contributed by atoms with van der Waals surface area (Å²) in [5.41, 5.74) is 10.9. The van der Waals surface area contributed by atoms with E-state index in [-0.39, 0.29) is 6.54 Å². The first-order valence-electron chi connectivity index (χ1n) is 4.11. The van der Waals surface area contributed by atoms with E-state index in [2.05, 4.69) is 0 Å². The third-order valence-electron chi connectivity index (χ3n) is 2.22. The molecule has 0 aliphatic carbocycles. The lowest BCUT2D eigenvalue weighted by atomic mass is 9.97. The van der Waals surface area contributed by atoms with Crippen LogP contribution >= 0.6 is 0 Å². The summed E-state index contributed by atoms with van der Waals surface area (Å²) in [5, 5.41) is 18.9. The van der Waals surface area contributed by atoms with Crippen molar-refractivity contribution in [3.8, 4) is 0 Å². The fourth-order valence-electron chi connectivity index (χ4n) is 1.35. The van der Waals surface area contributed by atoms with Gasteiger partial charge in [-0.15, -0.1) is 0 Å². The first kappa shape index (κ1) is 10.8. The average molecular weight is 192 g/mol. The Morgan fingerprint density at radius 2 is 2.00 bits per heavy atom. The van der Waals surface area contributed by atoms with E-state index in [0.717, 1.165) is 0 Å². The third-order valence-corrected chi connectivity index (χ3v) is 2.22. The minimum Gasteiger partial charge on any atom is -0.389 e. The molecule has 0 saturated carbocycles. The zero-order valence-electron chi connectivity index (χ0n) is 7.46. The molecule has 13 heavy (non-hydrogen) atoms. The van der Waals surface area contributed by atoms with Crippen LogP contribution in [0, 0.1) is 0 Å². The van der Waals surface area contributed by atoms with E-state index in [0.29, 0.717) is 0 Å². The van der Waals surface area contributed by atoms with Crippen molar-refractivity contribution in [2.24, 2.45) is 11.5 Å². The van der Waals surface area contributed by atoms with Crippen LogP contribution in [0.2, 0.25) is 0 Å². The first-order chi connectivity index (χ1) is 6.11. The molecule has 0 spiro atoms. The fraction of sp³-hybridized carbons (Fsp3) is 1.00. The van der Waals surface area contributed by atoms with Crippen molar-refractivity contribution in [2.45, 2.75) is 30.6 Å². The number of hydrogen-bond donors (Lipinski definition) is 4. The fourth-order valence-corrected chi connectivity index (χ4v) is 1.35. The van der Waals surface area contributed by atoms with Crippen molar-refractivity contribution >= 4 is 0 Å². The van der Waals surface area contributed by atoms with Gasteiger partial charge in [0.15, 0.2) is 6.29 Å². The van der Waals surface area contributed by atoms with Gasteiger partial charge in [0.1, 0.15) is 12.2 Å². The highest BCUT2D eigenvalue weighted by Crippen LogP contribution is 2.19. The summed E-state index contributed by atoms with van der Waals surface area (Å²) in [4.78, 5) is 0. The molecule has 0 aromatic carbocycles. The van der Waals surface area contributed by atoms with Gasteiger partial charge in [-0.2, -0.15) is 0 Å². The molecule has 0 radical (unpaired) electrons. The molecule has 78 valence electrons. The molecule has 1 rings (SSSR count). The molecule has 1 heterocycles. The molecule has 1 saturated heterocycles. The molecule has 0 aromatic heterocycles. The van der Waals surface area contributed by atoms with Crippen LogP contribution in [0.3, 0.4) is 0 Å². The molecular weight excluding hydrogens is 176 g/mol. The maximum atomic E-state index is 9.48. The molecule has 1 aliphatic rings. The molecule has 1 aliphatic heterocycles. The van der Waals surface area contributed by atoms with Gasteiger partial charge in [-0.1, -0.05) is 0 Å². The highest BCUT2D eigenvalue weighted by Gasteiger charge is 2.41. The Morgan fingerprint density at radius 3 is 2.46 bits per heavy atom. The second-order valence-electron chi connectivity index (χ2n) is 3.07. The molecule has 6 N–H and O–H groups in total. The van der Waals surface area contributed by atoms with E-state index in [1.807, 2.05) is 0 Å². The number of ether oxygens (including phenoxy) is 2. The average Bonchev–Trinajstić information content (AvgIpc) is 2.15. The topological polar surface area (TPSA) is 111 Å². The Morgan fingerprint density at radius 1 is 1.38 bits per heavy atom. The maximum Gasteiger partial charge on any atom is 0.185 e. The Labute approximate surface area is 76.4 Å². The number of rotatable bonds is 2. The molecule has 0 aromatic rings. The molecule has 3 unspecified atom stereocenters. The van der Waals surface area contributed by atoms with Crippen LogP contribution in [0.15, 0.2) is 0 Å². The second kappa shape index (κ2) is 4.32. The van der Waals surface area contributed by atoms with Crippen LogP contribution in [-0.2, 0) is 9.47 Å². The van der Waals surface area contributed by atoms with Gasteiger partial charge in [0.05, 0.1) is 12.1 Å². The summed E-state index contributed by atoms with van der Waals surface area (Å²) in [5.74, 6) is 0. The van der Waals surface area contributed by atoms with Gasteiger partial charge in [-0.05, 0) is 0 Å². The molecule has 5 atom stereocenters. The van der Waals surface area contributed by atoms with E-state index in [9.17, 15) is 10.2 Å². The quantitative estimate of drug-likeness (QED) is 0.381. The standard InChI is InChI=1S/C7H16N2O4/c1-12-7-6(11)4(9)5(10)3(2-8)13-7/h3-7,10-11H,2,8-9H2,1H3/t3?,4-,5?,6?,7+/m1/s1. The zero-order chi connectivity index (χ0) is 10.0. The number of aliphatic hydroxyl groups excluding tert-OH is 2. The van der Waals surface area contributed by atoms with Crippen molar-refractivity contribution in [2.75, 3.05) is 13.7 Å². The Hall–Kier alpha value is -0.240. The van der Waals surface area contributed by atoms with Gasteiger partial charge in [-0.25, -0.2) is 0 Å². The Kier molecular flexibility index (Phi) is 3.60. The summed E-state index contributed by atoms with van der Waals surface area (Å²) in [6.07, 6.45) is -3.37. The van der Waals surface area contributed by atoms with Gasteiger partial charge >= 0.3 is 0 Å². The summed E-state index contributed by atoms with van der Waals surface area (Å²) < 4.78 is 9.99. The predicted molar refractivity (Wildman–Crippen MR) is 44.7 cm³/mol. The summed E-state index contributed by atoms with van der Waals surface area (Å²) in [7, 11) is 1.39. The van der Waals surface area contributed by atoms with E-state index in [4.69, 9.17) is 20.9 Å². The highest BCUT2D eigenvalue weighted by molar-refractivity contribution is 4.92. The number of nitrogens with two attached hydrogens (primary N) is 2. The van der Waals surface area contributed by atoms with Gasteiger partial charge < -0.3 is 31.2 Å². The summed E-state index contributed by atoms with van der Waals surface area (Å²) in [6, 6.07) is -0.785. The summed E-state index contributed by atoms with van der Waals surface area (Å²) in [6.45, 7) is 0.140. The minimum atomic E-state index is -1.03. The van der Waals surface area contributed by atoms with Crippen LogP contribution in [0.5, 0.6) is 0 Å². The van der Waals surface area contributed by atoms with Gasteiger partial charge in [-0.3, -0.25) is 0 Å². The maximum absolute atomic E-state index is 9.48. The SMILES string of the molecule is CO[C@H]1OC(CN)C(O)[C@@H](N)C1O. The van der Waals surface area contributed by atoms with Crippen LogP contribution in [0.25, 0.3) is 0 Å². The van der Waals surface area contributed by atoms with E-state index >= 15 is 0 Å². The minimum absolute atomic E-state index is 0.140. The zero-order valence-corrected chi connectivity index (χ0v) is 7.46. The lowest BCUT2D eigenvalue weighted by molar-refractivity contribution is -0.259. The monoisotopic (exact) mass is 192 g/mol. The van der Waals surface area contributed by atoms with E-state index < -0.39 is 30.6 Å². The normalized spacial score (nSPS) is 46.4. The van der Waals surface area contributed by atoms with Crippen molar-refractivity contribution in [3.05, 3.63) is 0 Å². The first-order valence-corrected chi connectivity index (χ1v) is 4.11. The third kappa shape index (κ3) is 1.98. The highest BCUT2D eigenvalue weighted by atomic mass is 16.7. The molecular formula is C7H16N2O4. The van der Waals surface area contributed by atoms with Crippen molar-refractivity contribution in [3.63, 3.8) is 0 Å². The van der Waals surface area contributed by atoms with Gasteiger partial charge in [0.25, 0.3) is 0 Å². The number of methoxy groups -OCH3 is 1. The van der Waals surface area contributed by atoms with Gasteiger partial charge in [0, 0.05) is 13.7 Å². The lowest BCUT2D eigenvalue weighted by Gasteiger charge is -2.40. The Balaban J connectivity index is 2.66. The largest absolute Gasteiger partial charge is 0.389 e. The number of hydrogen-bond acceptors (Lipinski definition) is 6. The molecule has 6 heteroatoms. The predicted octanol–water partition coefficient (Wildman–Crippen LogP) is -2.63. The van der Waals surface area contributed by atoms with E-state index in [1.54, 1.807) is 0 Å². The van der Waals surface area contributed by atoms with Crippen molar-refractivity contribution < 1.29 is 19.7 Å². The van der Waals surface area contributed by atoms with E-state index in [1.165, 1.54) is 7.11 Å². The smallest absolute Gasteiger partial charge is 0.185 e. The molecule has 6 nitrogen and oxygen atoms in total. The number of aliphatic hydroxyl groups is 2. The molecule has 0 bridgehead atoms. The van der Waals surface area contributed by atoms with Crippen LogP contribution in [0.4, 0.5) is 0 Å². The van der Waals surface area contributed by atoms with Crippen LogP contribution < -0.4 is 11.5 Å². The Bertz CT molecular complexity index is 149. The van der Waals surface area contributed by atoms with Crippen LogP contribution in [-0.4, -0.2) is 54.5 Å². The lowest BCUT2D eigenvalue weighted by Crippen LogP contribution is -2.63. The van der Waals surface area contributed by atoms with Crippen molar-refractivity contribution in [1.29, 1.82) is 0 Å². The van der Waals surface area contributed by atoms with Gasteiger partial charge in [0.2, 0.25) is 0 Å². The summed E-state index contributed by atoms with van der Waals surface area (Å²) >= 11 is 0. The molecule has 0 amide bonds. The molecule has 1 fully saturated rings. The second-order valence-corrected chi connectivity index (χ2v) is 3.07. The van der Waals surface area contributed by atoms with Crippen molar-refractivity contribution in [1.82, 2.24) is 0 Å². The van der Waals surface area contributed by atoms with Crippen LogP contribution in [0.1, 0.15) is 0 Å².